The molecule has 0 saturated heterocycles. The van der Waals surface area contributed by atoms with Gasteiger partial charge in [-0.15, -0.1) is 11.3 Å². The number of amides is 2. The summed E-state index contributed by atoms with van der Waals surface area (Å²) in [4.78, 5) is 33.4. The van der Waals surface area contributed by atoms with Gasteiger partial charge < -0.3 is 9.42 Å². The molecule has 5 heterocycles. The lowest BCUT2D eigenvalue weighted by atomic mass is 10.1. The van der Waals surface area contributed by atoms with E-state index in [4.69, 9.17) is 4.52 Å². The molecule has 1 aliphatic heterocycles. The molecule has 9 nitrogen and oxygen atoms in total. The lowest BCUT2D eigenvalue weighted by Crippen LogP contribution is -2.35. The van der Waals surface area contributed by atoms with E-state index in [0.29, 0.717) is 36.1 Å². The fourth-order valence-corrected chi connectivity index (χ4v) is 4.92. The van der Waals surface area contributed by atoms with Crippen molar-refractivity contribution in [2.24, 2.45) is 0 Å². The highest BCUT2D eigenvalue weighted by Crippen LogP contribution is 2.30. The van der Waals surface area contributed by atoms with Crippen molar-refractivity contribution in [1.29, 1.82) is 0 Å². The maximum Gasteiger partial charge on any atom is 0.279 e. The Balaban J connectivity index is 1.28. The van der Waals surface area contributed by atoms with Gasteiger partial charge in [0, 0.05) is 23.9 Å². The average molecular weight is 441 g/mol. The minimum absolute atomic E-state index is 0.128. The number of aryl methyl sites for hydroxylation is 1. The standard InChI is InChI=1S/C19H16N6O3S2/c1-10-7-13(24-28-10)17(26)21-19-20-11-4-5-25(9-16(11)30-19)18(27)14-8-12(22-23-14)15-3-2-6-29-15/h2-3,6-8H,4-5,9H2,1H3,(H,22,23)(H,20,21,26). The molecule has 4 aromatic heterocycles. The van der Waals surface area contributed by atoms with Gasteiger partial charge in [-0.25, -0.2) is 4.98 Å². The minimum Gasteiger partial charge on any atom is -0.361 e. The van der Waals surface area contributed by atoms with E-state index in [1.165, 1.54) is 11.3 Å². The number of hydrogen-bond acceptors (Lipinski definition) is 8. The summed E-state index contributed by atoms with van der Waals surface area (Å²) < 4.78 is 4.93. The van der Waals surface area contributed by atoms with Crippen LogP contribution in [0.4, 0.5) is 5.13 Å². The van der Waals surface area contributed by atoms with Crippen LogP contribution < -0.4 is 5.32 Å². The Morgan fingerprint density at radius 1 is 1.30 bits per heavy atom. The topological polar surface area (TPSA) is 117 Å². The van der Waals surface area contributed by atoms with Crippen molar-refractivity contribution in [3.8, 4) is 10.6 Å². The third-order valence-corrected chi connectivity index (χ3v) is 6.58. The van der Waals surface area contributed by atoms with E-state index in [2.05, 4.69) is 25.7 Å². The van der Waals surface area contributed by atoms with Crippen LogP contribution in [0.2, 0.25) is 0 Å². The van der Waals surface area contributed by atoms with Gasteiger partial charge in [0.2, 0.25) is 0 Å². The van der Waals surface area contributed by atoms with Gasteiger partial charge >= 0.3 is 0 Å². The summed E-state index contributed by atoms with van der Waals surface area (Å²) in [5.41, 5.74) is 2.33. The van der Waals surface area contributed by atoms with Gasteiger partial charge in [0.15, 0.2) is 16.5 Å². The normalized spacial score (nSPS) is 13.3. The SMILES string of the molecule is Cc1cc(C(=O)Nc2nc3c(s2)CN(C(=O)c2cc(-c4cccs4)[nH]n2)CC3)no1. The van der Waals surface area contributed by atoms with E-state index in [1.807, 2.05) is 17.5 Å². The number of aromatic nitrogens is 4. The summed E-state index contributed by atoms with van der Waals surface area (Å²) in [7, 11) is 0. The number of fused-ring (bicyclic) bond motifs is 1. The summed E-state index contributed by atoms with van der Waals surface area (Å²) in [6, 6.07) is 7.28. The Labute approximate surface area is 178 Å². The van der Waals surface area contributed by atoms with Crippen LogP contribution in [0.1, 0.15) is 37.3 Å². The summed E-state index contributed by atoms with van der Waals surface area (Å²) in [6.07, 6.45) is 0.624. The number of H-pyrrole nitrogens is 1. The van der Waals surface area contributed by atoms with Crippen LogP contribution in [0.25, 0.3) is 10.6 Å². The summed E-state index contributed by atoms with van der Waals surface area (Å²) in [6.45, 7) is 2.71. The highest BCUT2D eigenvalue weighted by Gasteiger charge is 2.27. The fourth-order valence-electron chi connectivity index (χ4n) is 3.21. The third kappa shape index (κ3) is 3.53. The maximum absolute atomic E-state index is 12.9. The van der Waals surface area contributed by atoms with Crippen LogP contribution in [-0.2, 0) is 13.0 Å². The zero-order chi connectivity index (χ0) is 20.7. The number of rotatable bonds is 4. The Kier molecular flexibility index (Phi) is 4.68. The first-order chi connectivity index (χ1) is 14.6. The van der Waals surface area contributed by atoms with Crippen LogP contribution in [-0.4, -0.2) is 43.6 Å². The fraction of sp³-hybridized carbons (Fsp3) is 0.211. The van der Waals surface area contributed by atoms with E-state index < -0.39 is 0 Å². The average Bonchev–Trinajstić information content (AvgIpc) is 3.52. The molecule has 152 valence electrons. The second-order valence-electron chi connectivity index (χ2n) is 6.79. The Bertz CT molecular complexity index is 1220. The zero-order valence-corrected chi connectivity index (χ0v) is 17.5. The molecule has 0 atom stereocenters. The summed E-state index contributed by atoms with van der Waals surface area (Å²) in [5, 5.41) is 16.0. The number of nitrogens with one attached hydrogen (secondary N) is 2. The van der Waals surface area contributed by atoms with E-state index in [9.17, 15) is 9.59 Å². The van der Waals surface area contributed by atoms with Crippen molar-refractivity contribution in [3.63, 3.8) is 0 Å². The van der Waals surface area contributed by atoms with Gasteiger partial charge in [-0.1, -0.05) is 22.6 Å². The van der Waals surface area contributed by atoms with E-state index in [-0.39, 0.29) is 17.5 Å². The molecule has 0 radical (unpaired) electrons. The molecule has 0 bridgehead atoms. The van der Waals surface area contributed by atoms with E-state index >= 15 is 0 Å². The predicted molar refractivity (Wildman–Crippen MR) is 112 cm³/mol. The number of anilines is 1. The van der Waals surface area contributed by atoms with Gasteiger partial charge in [0.1, 0.15) is 5.76 Å². The van der Waals surface area contributed by atoms with Gasteiger partial charge in [-0.2, -0.15) is 5.10 Å². The van der Waals surface area contributed by atoms with Crippen LogP contribution in [0.5, 0.6) is 0 Å². The van der Waals surface area contributed by atoms with Crippen molar-refractivity contribution in [1.82, 2.24) is 25.2 Å². The largest absolute Gasteiger partial charge is 0.361 e. The summed E-state index contributed by atoms with van der Waals surface area (Å²) in [5.74, 6) is 0.0635. The monoisotopic (exact) mass is 440 g/mol. The molecule has 2 N–H and O–H groups in total. The molecule has 1 aliphatic rings. The molecular formula is C19H16N6O3S2. The molecule has 0 saturated carbocycles. The second kappa shape index (κ2) is 7.50. The maximum atomic E-state index is 12.9. The predicted octanol–water partition coefficient (Wildman–Crippen LogP) is 3.34. The first kappa shape index (κ1) is 18.7. The highest BCUT2D eigenvalue weighted by atomic mass is 32.1. The van der Waals surface area contributed by atoms with Crippen LogP contribution in [0, 0.1) is 6.92 Å². The Hall–Kier alpha value is -3.31. The lowest BCUT2D eigenvalue weighted by molar-refractivity contribution is 0.0730. The molecule has 11 heteroatoms. The van der Waals surface area contributed by atoms with Crippen molar-refractivity contribution >= 4 is 39.6 Å². The van der Waals surface area contributed by atoms with Gasteiger partial charge in [-0.05, 0) is 24.4 Å². The van der Waals surface area contributed by atoms with Gasteiger partial charge in [0.05, 0.1) is 22.8 Å². The second-order valence-corrected chi connectivity index (χ2v) is 8.82. The quantitative estimate of drug-likeness (QED) is 0.503. The lowest BCUT2D eigenvalue weighted by Gasteiger charge is -2.25. The van der Waals surface area contributed by atoms with Gasteiger partial charge in [-0.3, -0.25) is 20.0 Å². The smallest absolute Gasteiger partial charge is 0.279 e. The van der Waals surface area contributed by atoms with Crippen molar-refractivity contribution < 1.29 is 14.1 Å². The number of carbonyl (C=O) groups excluding carboxylic acids is 2. The highest BCUT2D eigenvalue weighted by molar-refractivity contribution is 7.16. The van der Waals surface area contributed by atoms with Crippen LogP contribution in [0.3, 0.4) is 0 Å². The number of thiazole rings is 1. The van der Waals surface area contributed by atoms with Crippen LogP contribution in [0.15, 0.2) is 34.2 Å². The molecule has 30 heavy (non-hydrogen) atoms. The van der Waals surface area contributed by atoms with E-state index in [0.717, 1.165) is 21.1 Å². The molecule has 0 aromatic carbocycles. The Morgan fingerprint density at radius 3 is 2.97 bits per heavy atom. The zero-order valence-electron chi connectivity index (χ0n) is 15.8. The number of aromatic amines is 1. The molecule has 5 rings (SSSR count). The van der Waals surface area contributed by atoms with E-state index in [1.54, 1.807) is 35.3 Å². The number of carbonyl (C=O) groups is 2. The number of hydrogen-bond donors (Lipinski definition) is 2. The minimum atomic E-state index is -0.372. The molecule has 4 aromatic rings. The van der Waals surface area contributed by atoms with Crippen molar-refractivity contribution in [3.05, 3.63) is 57.4 Å². The van der Waals surface area contributed by atoms with Crippen molar-refractivity contribution in [2.75, 3.05) is 11.9 Å². The number of nitrogens with zero attached hydrogens (tertiary/aromatic N) is 4. The third-order valence-electron chi connectivity index (χ3n) is 4.68. The molecule has 0 unspecified atom stereocenters. The molecule has 2 amide bonds. The summed E-state index contributed by atoms with van der Waals surface area (Å²) >= 11 is 2.95. The molecular weight excluding hydrogens is 424 g/mol. The van der Waals surface area contributed by atoms with Crippen molar-refractivity contribution in [2.45, 2.75) is 19.9 Å². The van der Waals surface area contributed by atoms with Gasteiger partial charge in [0.25, 0.3) is 11.8 Å². The van der Waals surface area contributed by atoms with Crippen LogP contribution >= 0.6 is 22.7 Å². The Morgan fingerprint density at radius 2 is 2.20 bits per heavy atom. The molecule has 0 fully saturated rings. The first-order valence-corrected chi connectivity index (χ1v) is 10.9. The first-order valence-electron chi connectivity index (χ1n) is 9.18. The molecule has 0 aliphatic carbocycles. The number of thiophene rings is 1. The molecule has 0 spiro atoms.